The molecule has 0 spiro atoms. The fourth-order valence-corrected chi connectivity index (χ4v) is 3.67. The lowest BCUT2D eigenvalue weighted by molar-refractivity contribution is 0.555. The summed E-state index contributed by atoms with van der Waals surface area (Å²) < 4.78 is 2.86. The van der Waals surface area contributed by atoms with E-state index in [4.69, 9.17) is 0 Å². The third-order valence-corrected chi connectivity index (χ3v) is 5.24. The predicted octanol–water partition coefficient (Wildman–Crippen LogP) is 2.82. The van der Waals surface area contributed by atoms with Crippen LogP contribution < -0.4 is 16.6 Å². The number of fused-ring (bicyclic) bond motifs is 1. The number of anilines is 1. The molecule has 9 heteroatoms. The number of hydrogen-bond acceptors (Lipinski definition) is 6. The zero-order chi connectivity index (χ0) is 22.5. The Morgan fingerprint density at radius 1 is 1.03 bits per heavy atom. The molecule has 0 unspecified atom stereocenters. The fourth-order valence-electron chi connectivity index (χ4n) is 3.67. The number of aromatic nitrogens is 6. The standard InChI is InChI=1S/C23H27N7O2/c1-3-12-29-21-19(22(31)30(13-4-2)23(29)32)27-20(28-21)17-7-8-18(26-15-17)25-11-9-16-6-5-10-24-14-16/h5-8,10,14-15H,3-4,9,11-13H2,1-2H3,(H,25,26)(H,27,28). The van der Waals surface area contributed by atoms with Gasteiger partial charge in [-0.05, 0) is 43.0 Å². The summed E-state index contributed by atoms with van der Waals surface area (Å²) in [5.74, 6) is 1.27. The number of H-pyrrole nitrogens is 1. The number of nitrogens with zero attached hydrogens (tertiary/aromatic N) is 5. The summed E-state index contributed by atoms with van der Waals surface area (Å²) in [6, 6.07) is 7.73. The SMILES string of the molecule is CCCn1c(=O)c2[nH]c(-c3ccc(NCCc4cccnc4)nc3)nc2n(CCC)c1=O. The average Bonchev–Trinajstić information content (AvgIpc) is 3.26. The Kier molecular flexibility index (Phi) is 6.44. The van der Waals surface area contributed by atoms with Gasteiger partial charge in [-0.25, -0.2) is 14.8 Å². The van der Waals surface area contributed by atoms with Gasteiger partial charge in [0.05, 0.1) is 0 Å². The molecule has 4 aromatic rings. The van der Waals surface area contributed by atoms with Gasteiger partial charge in [0.25, 0.3) is 5.56 Å². The second kappa shape index (κ2) is 9.59. The van der Waals surface area contributed by atoms with E-state index in [0.29, 0.717) is 36.5 Å². The summed E-state index contributed by atoms with van der Waals surface area (Å²) in [6.45, 7) is 5.55. The van der Waals surface area contributed by atoms with E-state index in [-0.39, 0.29) is 11.2 Å². The van der Waals surface area contributed by atoms with Crippen LogP contribution in [-0.2, 0) is 19.5 Å². The van der Waals surface area contributed by atoms with Gasteiger partial charge in [-0.2, -0.15) is 0 Å². The highest BCUT2D eigenvalue weighted by Gasteiger charge is 2.17. The number of aromatic amines is 1. The number of aryl methyl sites for hydroxylation is 1. The minimum Gasteiger partial charge on any atom is -0.370 e. The van der Waals surface area contributed by atoms with E-state index in [0.717, 1.165) is 36.3 Å². The van der Waals surface area contributed by atoms with Crippen LogP contribution in [0.25, 0.3) is 22.6 Å². The molecule has 0 aliphatic carbocycles. The van der Waals surface area contributed by atoms with Crippen molar-refractivity contribution in [3.63, 3.8) is 0 Å². The van der Waals surface area contributed by atoms with E-state index in [1.807, 2.05) is 44.3 Å². The zero-order valence-corrected chi connectivity index (χ0v) is 18.3. The number of rotatable bonds is 9. The summed E-state index contributed by atoms with van der Waals surface area (Å²) in [4.78, 5) is 42.0. The highest BCUT2D eigenvalue weighted by atomic mass is 16.2. The van der Waals surface area contributed by atoms with E-state index >= 15 is 0 Å². The molecule has 0 bridgehead atoms. The molecule has 0 aromatic carbocycles. The van der Waals surface area contributed by atoms with Gasteiger partial charge in [0, 0.05) is 43.8 Å². The van der Waals surface area contributed by atoms with Crippen LogP contribution in [0.4, 0.5) is 5.82 Å². The Hall–Kier alpha value is -3.75. The van der Waals surface area contributed by atoms with Gasteiger partial charge in [-0.15, -0.1) is 0 Å². The van der Waals surface area contributed by atoms with Crippen LogP contribution in [0.5, 0.6) is 0 Å². The lowest BCUT2D eigenvalue weighted by atomic mass is 10.2. The normalized spacial score (nSPS) is 11.2. The number of hydrogen-bond donors (Lipinski definition) is 2. The first kappa shape index (κ1) is 21.5. The van der Waals surface area contributed by atoms with Gasteiger partial charge in [0.15, 0.2) is 5.65 Å². The molecule has 9 nitrogen and oxygen atoms in total. The largest absolute Gasteiger partial charge is 0.370 e. The van der Waals surface area contributed by atoms with Crippen molar-refractivity contribution < 1.29 is 0 Å². The molecule has 2 N–H and O–H groups in total. The maximum absolute atomic E-state index is 12.9. The van der Waals surface area contributed by atoms with E-state index in [1.54, 1.807) is 17.0 Å². The highest BCUT2D eigenvalue weighted by molar-refractivity contribution is 5.75. The fraction of sp³-hybridized carbons (Fsp3) is 0.348. The third kappa shape index (κ3) is 4.32. The van der Waals surface area contributed by atoms with Gasteiger partial charge in [0.2, 0.25) is 0 Å². The topological polar surface area (TPSA) is 110 Å². The molecule has 32 heavy (non-hydrogen) atoms. The molecule has 0 amide bonds. The highest BCUT2D eigenvalue weighted by Crippen LogP contribution is 2.19. The van der Waals surface area contributed by atoms with Gasteiger partial charge >= 0.3 is 5.69 Å². The van der Waals surface area contributed by atoms with Gasteiger partial charge in [-0.1, -0.05) is 19.9 Å². The van der Waals surface area contributed by atoms with Crippen molar-refractivity contribution in [1.29, 1.82) is 0 Å². The van der Waals surface area contributed by atoms with Crippen molar-refractivity contribution in [2.75, 3.05) is 11.9 Å². The van der Waals surface area contributed by atoms with Crippen molar-refractivity contribution >= 4 is 17.0 Å². The summed E-state index contributed by atoms with van der Waals surface area (Å²) in [7, 11) is 0. The first-order chi connectivity index (χ1) is 15.6. The Morgan fingerprint density at radius 3 is 2.53 bits per heavy atom. The summed E-state index contributed by atoms with van der Waals surface area (Å²) >= 11 is 0. The molecular weight excluding hydrogens is 406 g/mol. The quantitative estimate of drug-likeness (QED) is 0.420. The van der Waals surface area contributed by atoms with Gasteiger partial charge in [-0.3, -0.25) is 18.9 Å². The lowest BCUT2D eigenvalue weighted by Gasteiger charge is -2.09. The molecule has 4 rings (SSSR count). The lowest BCUT2D eigenvalue weighted by Crippen LogP contribution is -2.40. The van der Waals surface area contributed by atoms with Crippen LogP contribution in [0.2, 0.25) is 0 Å². The Labute approximate surface area is 185 Å². The maximum atomic E-state index is 12.9. The Balaban J connectivity index is 1.59. The molecule has 0 saturated heterocycles. The molecule has 166 valence electrons. The van der Waals surface area contributed by atoms with Crippen LogP contribution >= 0.6 is 0 Å². The van der Waals surface area contributed by atoms with Crippen LogP contribution in [0, 0.1) is 0 Å². The van der Waals surface area contributed by atoms with E-state index < -0.39 is 0 Å². The molecule has 0 aliphatic heterocycles. The van der Waals surface area contributed by atoms with Crippen LogP contribution in [-0.4, -0.2) is 35.6 Å². The van der Waals surface area contributed by atoms with Crippen molar-refractivity contribution in [1.82, 2.24) is 29.1 Å². The monoisotopic (exact) mass is 433 g/mol. The van der Waals surface area contributed by atoms with Crippen molar-refractivity contribution in [3.8, 4) is 11.4 Å². The minimum atomic E-state index is -0.334. The minimum absolute atomic E-state index is 0.310. The summed E-state index contributed by atoms with van der Waals surface area (Å²) in [5, 5.41) is 3.29. The van der Waals surface area contributed by atoms with Crippen molar-refractivity contribution in [2.24, 2.45) is 0 Å². The second-order valence-electron chi connectivity index (χ2n) is 7.65. The van der Waals surface area contributed by atoms with Crippen molar-refractivity contribution in [3.05, 3.63) is 69.3 Å². The average molecular weight is 434 g/mol. The second-order valence-corrected chi connectivity index (χ2v) is 7.65. The smallest absolute Gasteiger partial charge is 0.332 e. The Morgan fingerprint density at radius 2 is 1.84 bits per heavy atom. The predicted molar refractivity (Wildman–Crippen MR) is 125 cm³/mol. The van der Waals surface area contributed by atoms with Crippen LogP contribution in [0.1, 0.15) is 32.3 Å². The summed E-state index contributed by atoms with van der Waals surface area (Å²) in [6.07, 6.45) is 7.63. The van der Waals surface area contributed by atoms with E-state index in [9.17, 15) is 9.59 Å². The number of pyridine rings is 2. The summed E-state index contributed by atoms with van der Waals surface area (Å²) in [5.41, 5.74) is 2.00. The molecule has 0 saturated carbocycles. The molecule has 4 aromatic heterocycles. The molecule has 0 radical (unpaired) electrons. The maximum Gasteiger partial charge on any atom is 0.332 e. The van der Waals surface area contributed by atoms with Crippen molar-refractivity contribution in [2.45, 2.75) is 46.2 Å². The van der Waals surface area contributed by atoms with Crippen LogP contribution in [0.3, 0.4) is 0 Å². The molecule has 0 atom stereocenters. The molecule has 0 fully saturated rings. The van der Waals surface area contributed by atoms with Gasteiger partial charge < -0.3 is 10.3 Å². The third-order valence-electron chi connectivity index (χ3n) is 5.24. The van der Waals surface area contributed by atoms with Gasteiger partial charge in [0.1, 0.15) is 17.2 Å². The number of imidazole rings is 1. The number of nitrogens with one attached hydrogen (secondary N) is 2. The molecule has 4 heterocycles. The van der Waals surface area contributed by atoms with E-state index in [1.165, 1.54) is 4.57 Å². The van der Waals surface area contributed by atoms with E-state index in [2.05, 4.69) is 25.3 Å². The molecular formula is C23H27N7O2. The first-order valence-corrected chi connectivity index (χ1v) is 10.9. The first-order valence-electron chi connectivity index (χ1n) is 10.9. The zero-order valence-electron chi connectivity index (χ0n) is 18.3. The van der Waals surface area contributed by atoms with Crippen LogP contribution in [0.15, 0.2) is 52.4 Å². The Bertz CT molecular complexity index is 1300. The molecule has 0 aliphatic rings.